The summed E-state index contributed by atoms with van der Waals surface area (Å²) in [6.45, 7) is 0.0415. The van der Waals surface area contributed by atoms with E-state index >= 15 is 0 Å². The van der Waals surface area contributed by atoms with E-state index in [2.05, 4.69) is 11.4 Å². The van der Waals surface area contributed by atoms with Gasteiger partial charge >= 0.3 is 0 Å². The van der Waals surface area contributed by atoms with Crippen molar-refractivity contribution >= 4 is 12.0 Å². The summed E-state index contributed by atoms with van der Waals surface area (Å²) in [5, 5.41) is 3.23. The number of para-hydroxylation sites is 1. The van der Waals surface area contributed by atoms with Gasteiger partial charge in [-0.3, -0.25) is 4.79 Å². The Morgan fingerprint density at radius 1 is 1.50 bits per heavy atom. The average molecular weight is 190 g/mol. The predicted molar refractivity (Wildman–Crippen MR) is 53.8 cm³/mol. The van der Waals surface area contributed by atoms with E-state index in [9.17, 15) is 4.79 Å². The zero-order chi connectivity index (χ0) is 9.80. The molecule has 3 heteroatoms. The first-order chi connectivity index (χ1) is 6.90. The molecule has 0 fully saturated rings. The Morgan fingerprint density at radius 3 is 3.21 bits per heavy atom. The van der Waals surface area contributed by atoms with Crippen LogP contribution in [-0.2, 0) is 16.0 Å². The van der Waals surface area contributed by atoms with Crippen molar-refractivity contribution in [3.05, 3.63) is 29.8 Å². The molecule has 0 aromatic heterocycles. The summed E-state index contributed by atoms with van der Waals surface area (Å²) in [4.78, 5) is 10.0. The smallest absolute Gasteiger partial charge is 0.226 e. The van der Waals surface area contributed by atoms with E-state index in [-0.39, 0.29) is 12.8 Å². The second-order valence-corrected chi connectivity index (χ2v) is 3.28. The minimum atomic E-state index is -0.0497. The lowest BCUT2D eigenvalue weighted by atomic mass is 10.0. The fourth-order valence-corrected chi connectivity index (χ4v) is 1.67. The van der Waals surface area contributed by atoms with E-state index < -0.39 is 0 Å². The van der Waals surface area contributed by atoms with Crippen molar-refractivity contribution in [3.8, 4) is 0 Å². The number of benzene rings is 1. The van der Waals surface area contributed by atoms with Crippen molar-refractivity contribution in [2.24, 2.45) is 0 Å². The first-order valence-electron chi connectivity index (χ1n) is 4.71. The van der Waals surface area contributed by atoms with Gasteiger partial charge in [-0.2, -0.15) is 0 Å². The largest absolute Gasteiger partial charge is 0.360 e. The minimum absolute atomic E-state index is 0.0415. The highest BCUT2D eigenvalue weighted by Crippen LogP contribution is 2.24. The summed E-state index contributed by atoms with van der Waals surface area (Å²) in [6, 6.07) is 8.14. The second kappa shape index (κ2) is 4.24. The number of aryl methyl sites for hydroxylation is 1. The molecule has 2 rings (SSSR count). The van der Waals surface area contributed by atoms with Crippen molar-refractivity contribution in [1.82, 2.24) is 0 Å². The quantitative estimate of drug-likeness (QED) is 0.784. The predicted octanol–water partition coefficient (Wildman–Crippen LogP) is 1.50. The molecule has 1 unspecified atom stereocenters. The molecule has 0 spiro atoms. The maximum Gasteiger partial charge on any atom is 0.226 e. The van der Waals surface area contributed by atoms with Gasteiger partial charge in [-0.25, -0.2) is 0 Å². The van der Waals surface area contributed by atoms with Gasteiger partial charge in [0.2, 0.25) is 6.29 Å². The van der Waals surface area contributed by atoms with Gasteiger partial charge in [0.05, 0.1) is 0 Å². The van der Waals surface area contributed by atoms with Crippen molar-refractivity contribution in [2.75, 3.05) is 11.9 Å². The van der Waals surface area contributed by atoms with Gasteiger partial charge in [0.15, 0.2) is 0 Å². The van der Waals surface area contributed by atoms with Crippen LogP contribution in [0.5, 0.6) is 0 Å². The van der Waals surface area contributed by atoms with Crippen molar-refractivity contribution < 1.29 is 9.53 Å². The number of ether oxygens (including phenoxy) is 1. The standard InChI is InChI=1S/C11H12NO2/c13-7-8-14-11-6-5-9-3-1-2-4-10(9)12-11/h1-4,11-12H,5-6,8H2. The number of anilines is 1. The number of nitrogens with one attached hydrogen (secondary N) is 1. The maximum absolute atomic E-state index is 10.0. The van der Waals surface area contributed by atoms with Crippen LogP contribution in [0.25, 0.3) is 0 Å². The molecule has 0 saturated carbocycles. The van der Waals surface area contributed by atoms with Crippen LogP contribution < -0.4 is 5.32 Å². The first kappa shape index (κ1) is 9.21. The SMILES string of the molecule is O=[C]COC1CCc2ccccc2N1. The number of carbonyl (C=O) groups excluding carboxylic acids is 1. The summed E-state index contributed by atoms with van der Waals surface area (Å²) < 4.78 is 5.25. The van der Waals surface area contributed by atoms with Crippen LogP contribution in [0.1, 0.15) is 12.0 Å². The van der Waals surface area contributed by atoms with Gasteiger partial charge in [0, 0.05) is 5.69 Å². The zero-order valence-electron chi connectivity index (χ0n) is 7.82. The van der Waals surface area contributed by atoms with E-state index in [1.54, 1.807) is 6.29 Å². The van der Waals surface area contributed by atoms with Crippen molar-refractivity contribution in [2.45, 2.75) is 19.1 Å². The van der Waals surface area contributed by atoms with Gasteiger partial charge in [0.25, 0.3) is 0 Å². The van der Waals surface area contributed by atoms with E-state index in [0.717, 1.165) is 18.5 Å². The lowest BCUT2D eigenvalue weighted by molar-refractivity contribution is 0.0923. The molecule has 1 atom stereocenters. The molecule has 3 nitrogen and oxygen atoms in total. The highest BCUT2D eigenvalue weighted by Gasteiger charge is 2.16. The fraction of sp³-hybridized carbons (Fsp3) is 0.364. The lowest BCUT2D eigenvalue weighted by Gasteiger charge is -2.26. The molecule has 1 aliphatic heterocycles. The van der Waals surface area contributed by atoms with Gasteiger partial charge in [0.1, 0.15) is 12.8 Å². The molecule has 1 aromatic rings. The van der Waals surface area contributed by atoms with E-state index in [4.69, 9.17) is 4.74 Å². The van der Waals surface area contributed by atoms with Crippen LogP contribution in [0.3, 0.4) is 0 Å². The molecule has 1 N–H and O–H groups in total. The number of hydrogen-bond donors (Lipinski definition) is 1. The molecule has 0 bridgehead atoms. The Labute approximate surface area is 83.1 Å². The molecule has 1 aromatic carbocycles. The Bertz CT molecular complexity index is 325. The maximum atomic E-state index is 10.0. The van der Waals surface area contributed by atoms with Crippen molar-refractivity contribution in [3.63, 3.8) is 0 Å². The Hall–Kier alpha value is -1.35. The molecule has 1 aliphatic rings. The molecular formula is C11H12NO2. The summed E-state index contributed by atoms with van der Waals surface area (Å²) >= 11 is 0. The number of rotatable bonds is 3. The molecule has 1 radical (unpaired) electrons. The highest BCUT2D eigenvalue weighted by molar-refractivity contribution is 5.54. The average Bonchev–Trinajstić information content (AvgIpc) is 2.26. The Balaban J connectivity index is 2.02. The summed E-state index contributed by atoms with van der Waals surface area (Å²) in [6.07, 6.45) is 3.57. The van der Waals surface area contributed by atoms with E-state index in [0.29, 0.717) is 0 Å². The molecule has 0 aliphatic carbocycles. The normalized spacial score (nSPS) is 19.6. The Kier molecular flexibility index (Phi) is 2.79. The molecule has 14 heavy (non-hydrogen) atoms. The number of hydrogen-bond acceptors (Lipinski definition) is 3. The van der Waals surface area contributed by atoms with Crippen LogP contribution in [0.4, 0.5) is 5.69 Å². The van der Waals surface area contributed by atoms with Gasteiger partial charge < -0.3 is 10.1 Å². The Morgan fingerprint density at radius 2 is 2.36 bits per heavy atom. The van der Waals surface area contributed by atoms with Crippen LogP contribution >= 0.6 is 0 Å². The molecule has 0 amide bonds. The summed E-state index contributed by atoms with van der Waals surface area (Å²) in [5.41, 5.74) is 2.41. The molecule has 73 valence electrons. The third kappa shape index (κ3) is 1.93. The lowest BCUT2D eigenvalue weighted by Crippen LogP contribution is -2.28. The van der Waals surface area contributed by atoms with Gasteiger partial charge in [-0.1, -0.05) is 18.2 Å². The summed E-state index contributed by atoms with van der Waals surface area (Å²) in [7, 11) is 0. The van der Waals surface area contributed by atoms with Crippen LogP contribution in [0.15, 0.2) is 24.3 Å². The van der Waals surface area contributed by atoms with Gasteiger partial charge in [-0.15, -0.1) is 0 Å². The van der Waals surface area contributed by atoms with Crippen LogP contribution in [0.2, 0.25) is 0 Å². The molecule has 1 heterocycles. The van der Waals surface area contributed by atoms with Crippen LogP contribution in [-0.4, -0.2) is 19.1 Å². The second-order valence-electron chi connectivity index (χ2n) is 3.28. The van der Waals surface area contributed by atoms with Crippen LogP contribution in [0, 0.1) is 0 Å². The number of fused-ring (bicyclic) bond motifs is 1. The third-order valence-corrected chi connectivity index (χ3v) is 2.35. The van der Waals surface area contributed by atoms with E-state index in [1.807, 2.05) is 18.2 Å². The highest BCUT2D eigenvalue weighted by atomic mass is 16.5. The molecular weight excluding hydrogens is 178 g/mol. The summed E-state index contributed by atoms with van der Waals surface area (Å²) in [5.74, 6) is 0. The molecule has 0 saturated heterocycles. The topological polar surface area (TPSA) is 38.3 Å². The zero-order valence-corrected chi connectivity index (χ0v) is 7.82. The van der Waals surface area contributed by atoms with Crippen molar-refractivity contribution in [1.29, 1.82) is 0 Å². The third-order valence-electron chi connectivity index (χ3n) is 2.35. The van der Waals surface area contributed by atoms with E-state index in [1.165, 1.54) is 5.56 Å². The monoisotopic (exact) mass is 190 g/mol. The van der Waals surface area contributed by atoms with Gasteiger partial charge in [-0.05, 0) is 24.5 Å². The first-order valence-corrected chi connectivity index (χ1v) is 4.71. The minimum Gasteiger partial charge on any atom is -0.360 e. The fourth-order valence-electron chi connectivity index (χ4n) is 1.67.